The third-order valence-electron chi connectivity index (χ3n) is 7.56. The molecule has 1 saturated carbocycles. The van der Waals surface area contributed by atoms with Crippen LogP contribution < -0.4 is 16.0 Å². The molecule has 2 aromatic rings. The topological polar surface area (TPSA) is 82.7 Å². The number of fused-ring (bicyclic) bond motifs is 1. The quantitative estimate of drug-likeness (QED) is 0.494. The van der Waals surface area contributed by atoms with E-state index in [-0.39, 0.29) is 47.7 Å². The molecule has 1 unspecified atom stereocenters. The molecule has 1 aliphatic carbocycles. The van der Waals surface area contributed by atoms with Crippen LogP contribution in [0.3, 0.4) is 0 Å². The Hall–Kier alpha value is -3.13. The number of rotatable bonds is 7. The summed E-state index contributed by atoms with van der Waals surface area (Å²) in [7, 11) is 1.70. The minimum Gasteiger partial charge on any atom is -0.383 e. The molecule has 4 rings (SSSR count). The molecule has 2 aromatic carbocycles. The molecule has 36 heavy (non-hydrogen) atoms. The lowest BCUT2D eigenvalue weighted by atomic mass is 9.80. The van der Waals surface area contributed by atoms with Crippen LogP contribution in [0.1, 0.15) is 51.1 Å². The van der Waals surface area contributed by atoms with Gasteiger partial charge in [-0.25, -0.2) is 9.18 Å². The summed E-state index contributed by atoms with van der Waals surface area (Å²) in [5, 5.41) is 9.37. The zero-order chi connectivity index (χ0) is 25.7. The molecule has 7 nitrogen and oxygen atoms in total. The molecule has 2 aliphatic rings. The number of nitrogens with one attached hydrogen (secondary N) is 3. The number of amides is 3. The van der Waals surface area contributed by atoms with Crippen molar-refractivity contribution in [1.29, 1.82) is 0 Å². The van der Waals surface area contributed by atoms with Gasteiger partial charge in [-0.3, -0.25) is 4.79 Å². The Morgan fingerprint density at radius 2 is 1.83 bits per heavy atom. The molecule has 3 amide bonds. The predicted molar refractivity (Wildman–Crippen MR) is 139 cm³/mol. The second kappa shape index (κ2) is 11.7. The lowest BCUT2D eigenvalue weighted by molar-refractivity contribution is -0.141. The fraction of sp³-hybridized carbons (Fsp3) is 0.500. The number of halogens is 1. The predicted octanol–water partition coefficient (Wildman–Crippen LogP) is 5.17. The van der Waals surface area contributed by atoms with Crippen molar-refractivity contribution in [2.24, 2.45) is 11.8 Å². The Morgan fingerprint density at radius 3 is 2.56 bits per heavy atom. The molecule has 3 N–H and O–H groups in total. The van der Waals surface area contributed by atoms with Crippen LogP contribution in [0.15, 0.2) is 48.5 Å². The Labute approximate surface area is 212 Å². The molecule has 1 fully saturated rings. The lowest BCUT2D eigenvalue weighted by Gasteiger charge is -2.46. The van der Waals surface area contributed by atoms with Crippen LogP contribution in [0.5, 0.6) is 0 Å². The van der Waals surface area contributed by atoms with Gasteiger partial charge in [-0.2, -0.15) is 0 Å². The average molecular weight is 497 g/mol. The van der Waals surface area contributed by atoms with Crippen molar-refractivity contribution >= 4 is 23.3 Å². The van der Waals surface area contributed by atoms with Crippen LogP contribution in [0.25, 0.3) is 0 Å². The van der Waals surface area contributed by atoms with Gasteiger partial charge in [0.05, 0.1) is 24.6 Å². The first-order valence-electron chi connectivity index (χ1n) is 12.9. The number of hydrogen-bond acceptors (Lipinski definition) is 4. The van der Waals surface area contributed by atoms with Gasteiger partial charge in [0.1, 0.15) is 5.82 Å². The highest BCUT2D eigenvalue weighted by Crippen LogP contribution is 2.42. The fourth-order valence-electron chi connectivity index (χ4n) is 5.72. The second-order valence-electron chi connectivity index (χ2n) is 9.82. The van der Waals surface area contributed by atoms with Gasteiger partial charge in [0.25, 0.3) is 0 Å². The largest absolute Gasteiger partial charge is 0.383 e. The van der Waals surface area contributed by atoms with Crippen molar-refractivity contribution < 1.29 is 18.7 Å². The highest BCUT2D eigenvalue weighted by atomic mass is 19.1. The van der Waals surface area contributed by atoms with Crippen LogP contribution in [0.4, 0.5) is 20.6 Å². The van der Waals surface area contributed by atoms with Gasteiger partial charge in [-0.1, -0.05) is 38.0 Å². The van der Waals surface area contributed by atoms with Gasteiger partial charge >= 0.3 is 6.03 Å². The minimum absolute atomic E-state index is 0.0778. The van der Waals surface area contributed by atoms with Crippen LogP contribution >= 0.6 is 0 Å². The number of hydrogen-bond donors (Lipinski definition) is 3. The van der Waals surface area contributed by atoms with E-state index in [2.05, 4.69) is 35.0 Å². The molecule has 0 bridgehead atoms. The molecule has 194 valence electrons. The molecule has 0 spiro atoms. The first-order valence-corrected chi connectivity index (χ1v) is 12.9. The maximum Gasteiger partial charge on any atom is 0.319 e. The van der Waals surface area contributed by atoms with Crippen LogP contribution in [-0.4, -0.2) is 49.2 Å². The SMILES string of the molecule is CCN(C(=O)[C@H]1CCCC[C@H]1NC(=O)Nc1ccc(F)cc1)[C@H]1c2ccccc2NC(COC)[C@H]1C. The number of nitrogens with zero attached hydrogens (tertiary/aromatic N) is 1. The van der Waals surface area contributed by atoms with Gasteiger partial charge in [0.15, 0.2) is 0 Å². The number of carbonyl (C=O) groups excluding carboxylic acids is 2. The highest BCUT2D eigenvalue weighted by molar-refractivity contribution is 5.90. The summed E-state index contributed by atoms with van der Waals surface area (Å²) >= 11 is 0. The number of benzene rings is 2. The smallest absolute Gasteiger partial charge is 0.319 e. The first-order chi connectivity index (χ1) is 17.4. The summed E-state index contributed by atoms with van der Waals surface area (Å²) in [6, 6.07) is 13.2. The van der Waals surface area contributed by atoms with Crippen molar-refractivity contribution in [3.63, 3.8) is 0 Å². The average Bonchev–Trinajstić information content (AvgIpc) is 2.88. The number of anilines is 2. The van der Waals surface area contributed by atoms with E-state index < -0.39 is 0 Å². The second-order valence-corrected chi connectivity index (χ2v) is 9.82. The molecule has 0 aromatic heterocycles. The number of ether oxygens (including phenoxy) is 1. The molecule has 0 saturated heterocycles. The Morgan fingerprint density at radius 1 is 1.11 bits per heavy atom. The molecule has 8 heteroatoms. The van der Waals surface area contributed by atoms with E-state index in [4.69, 9.17) is 4.74 Å². The van der Waals surface area contributed by atoms with E-state index in [1.165, 1.54) is 24.3 Å². The Kier molecular flexibility index (Phi) is 8.46. The summed E-state index contributed by atoms with van der Waals surface area (Å²) in [6.45, 7) is 5.31. The monoisotopic (exact) mass is 496 g/mol. The van der Waals surface area contributed by atoms with Gasteiger partial charge in [0, 0.05) is 37.0 Å². The van der Waals surface area contributed by atoms with Gasteiger partial charge in [0.2, 0.25) is 5.91 Å². The van der Waals surface area contributed by atoms with Gasteiger partial charge in [-0.05, 0) is 55.7 Å². The van der Waals surface area contributed by atoms with Gasteiger partial charge in [-0.15, -0.1) is 0 Å². The number of urea groups is 1. The summed E-state index contributed by atoms with van der Waals surface area (Å²) in [4.78, 5) is 28.8. The summed E-state index contributed by atoms with van der Waals surface area (Å²) in [6.07, 6.45) is 3.39. The Balaban J connectivity index is 1.53. The first kappa shape index (κ1) is 25.9. The van der Waals surface area contributed by atoms with Crippen molar-refractivity contribution in [2.45, 2.75) is 57.7 Å². The van der Waals surface area contributed by atoms with E-state index in [1.807, 2.05) is 24.0 Å². The van der Waals surface area contributed by atoms with Crippen molar-refractivity contribution in [3.8, 4) is 0 Å². The molecule has 1 heterocycles. The van der Waals surface area contributed by atoms with E-state index in [1.54, 1.807) is 7.11 Å². The van der Waals surface area contributed by atoms with E-state index in [0.717, 1.165) is 36.9 Å². The van der Waals surface area contributed by atoms with E-state index in [9.17, 15) is 14.0 Å². The summed E-state index contributed by atoms with van der Waals surface area (Å²) in [5.41, 5.74) is 2.65. The van der Waals surface area contributed by atoms with Crippen molar-refractivity contribution in [2.75, 3.05) is 30.9 Å². The lowest BCUT2D eigenvalue weighted by Crippen LogP contribution is -2.53. The maximum absolute atomic E-state index is 14.1. The zero-order valence-corrected chi connectivity index (χ0v) is 21.3. The molecule has 1 aliphatic heterocycles. The standard InChI is InChI=1S/C28H37FN4O3/c1-4-33(26-18(2)25(17-36-3)31-23-11-7-5-9-21(23)26)27(34)22-10-6-8-12-24(22)32-28(35)30-20-15-13-19(29)14-16-20/h5,7,9,11,13-16,18,22,24-26,31H,4,6,8,10,12,17H2,1-3H3,(H2,30,32,35)/t18-,22+,24-,25?,26-/m1/s1. The third-order valence-corrected chi connectivity index (χ3v) is 7.56. The fourth-order valence-corrected chi connectivity index (χ4v) is 5.72. The van der Waals surface area contributed by atoms with Crippen molar-refractivity contribution in [1.82, 2.24) is 10.2 Å². The van der Waals surface area contributed by atoms with E-state index in [0.29, 0.717) is 18.8 Å². The number of para-hydroxylation sites is 1. The van der Waals surface area contributed by atoms with Crippen LogP contribution in [0.2, 0.25) is 0 Å². The van der Waals surface area contributed by atoms with Crippen molar-refractivity contribution in [3.05, 3.63) is 59.9 Å². The highest BCUT2D eigenvalue weighted by Gasteiger charge is 2.42. The molecular weight excluding hydrogens is 459 g/mol. The van der Waals surface area contributed by atoms with E-state index >= 15 is 0 Å². The third kappa shape index (κ3) is 5.64. The Bertz CT molecular complexity index is 1050. The number of methoxy groups -OCH3 is 1. The molecule has 0 radical (unpaired) electrons. The van der Waals surface area contributed by atoms with Crippen LogP contribution in [-0.2, 0) is 9.53 Å². The summed E-state index contributed by atoms with van der Waals surface area (Å²) < 4.78 is 18.7. The summed E-state index contributed by atoms with van der Waals surface area (Å²) in [5.74, 6) is -0.442. The van der Waals surface area contributed by atoms with Crippen LogP contribution in [0, 0.1) is 17.7 Å². The van der Waals surface area contributed by atoms with Gasteiger partial charge < -0.3 is 25.6 Å². The normalized spacial score (nSPS) is 25.3. The number of carbonyl (C=O) groups is 2. The maximum atomic E-state index is 14.1. The minimum atomic E-state index is -0.380. The zero-order valence-electron chi connectivity index (χ0n) is 21.3. The molecular formula is C28H37FN4O3. The molecule has 5 atom stereocenters.